The summed E-state index contributed by atoms with van der Waals surface area (Å²) in [6.45, 7) is 4.33. The van der Waals surface area contributed by atoms with Crippen LogP contribution in [0.5, 0.6) is 0 Å². The summed E-state index contributed by atoms with van der Waals surface area (Å²) in [5.41, 5.74) is -1.67. The van der Waals surface area contributed by atoms with E-state index in [9.17, 15) is 27.6 Å². The molecule has 0 saturated carbocycles. The number of anilines is 1. The molecule has 0 aliphatic heterocycles. The van der Waals surface area contributed by atoms with E-state index in [1.807, 2.05) is 0 Å². The summed E-state index contributed by atoms with van der Waals surface area (Å²) in [5.74, 6) is 0.0589. The Hall–Kier alpha value is -4.60. The van der Waals surface area contributed by atoms with Crippen molar-refractivity contribution in [2.75, 3.05) is 5.32 Å². The van der Waals surface area contributed by atoms with Crippen molar-refractivity contribution in [1.29, 1.82) is 0 Å². The lowest BCUT2D eigenvalue weighted by Crippen LogP contribution is -2.40. The number of carbonyl (C=O) groups excluding carboxylic acids is 1. The molecule has 5 rings (SSSR count). The number of amides is 1. The minimum atomic E-state index is -4.57. The normalized spacial score (nSPS) is 12.7. The molecule has 0 fully saturated rings. The molecule has 5 aromatic rings. The zero-order valence-corrected chi connectivity index (χ0v) is 22.3. The number of hydrogen-bond acceptors (Lipinski definition) is 9. The second-order valence-electron chi connectivity index (χ2n) is 9.04. The molecule has 1 amide bonds. The smallest absolute Gasteiger partial charge is 0.361 e. The highest BCUT2D eigenvalue weighted by Crippen LogP contribution is 2.35. The van der Waals surface area contributed by atoms with Crippen molar-refractivity contribution in [2.45, 2.75) is 39.5 Å². The van der Waals surface area contributed by atoms with Gasteiger partial charge in [-0.2, -0.15) is 13.2 Å². The van der Waals surface area contributed by atoms with E-state index in [-0.39, 0.29) is 39.8 Å². The standard InChI is InChI=1S/C24H21F3N8O4S/c1-11-5-15(32-39-11)8-34-22(37)18-19(33(4)23(34)38)29-10-35(18)13(3)20(36)30-17-9-40-21(31-17)14-6-16(24(25,26)27)12(2)28-7-14/h5-7,9-10,13H,8H2,1-4H3,(H,30,36). The predicted octanol–water partition coefficient (Wildman–Crippen LogP) is 3.29. The number of nitrogens with zero attached hydrogens (tertiary/aromatic N) is 7. The van der Waals surface area contributed by atoms with Gasteiger partial charge in [0.05, 0.1) is 18.4 Å². The molecule has 0 spiro atoms. The van der Waals surface area contributed by atoms with Crippen LogP contribution < -0.4 is 16.6 Å². The molecule has 5 aromatic heterocycles. The van der Waals surface area contributed by atoms with E-state index in [4.69, 9.17) is 4.52 Å². The monoisotopic (exact) mass is 574 g/mol. The van der Waals surface area contributed by atoms with E-state index < -0.39 is 34.9 Å². The third kappa shape index (κ3) is 4.81. The molecule has 0 aliphatic carbocycles. The molecule has 5 heterocycles. The predicted molar refractivity (Wildman–Crippen MR) is 138 cm³/mol. The van der Waals surface area contributed by atoms with Crippen LogP contribution in [-0.2, 0) is 24.6 Å². The number of alkyl halides is 3. The van der Waals surface area contributed by atoms with Gasteiger partial charge in [-0.15, -0.1) is 11.3 Å². The molecule has 0 radical (unpaired) electrons. The van der Waals surface area contributed by atoms with Gasteiger partial charge in [-0.3, -0.25) is 23.7 Å². The summed E-state index contributed by atoms with van der Waals surface area (Å²) < 4.78 is 48.4. The Balaban J connectivity index is 1.43. The quantitative estimate of drug-likeness (QED) is 0.326. The number of nitrogens with one attached hydrogen (secondary N) is 1. The van der Waals surface area contributed by atoms with Gasteiger partial charge >= 0.3 is 11.9 Å². The van der Waals surface area contributed by atoms with Crippen LogP contribution in [0.1, 0.15) is 35.7 Å². The van der Waals surface area contributed by atoms with E-state index in [1.54, 1.807) is 13.0 Å². The first-order valence-corrected chi connectivity index (χ1v) is 12.6. The van der Waals surface area contributed by atoms with Crippen LogP contribution in [0.15, 0.2) is 44.1 Å². The summed E-state index contributed by atoms with van der Waals surface area (Å²) >= 11 is 1.03. The maximum atomic E-state index is 13.4. The van der Waals surface area contributed by atoms with Crippen molar-refractivity contribution >= 4 is 34.2 Å². The summed E-state index contributed by atoms with van der Waals surface area (Å²) in [4.78, 5) is 51.6. The van der Waals surface area contributed by atoms with Gasteiger partial charge in [-0.25, -0.2) is 14.8 Å². The molecule has 0 bridgehead atoms. The summed E-state index contributed by atoms with van der Waals surface area (Å²) in [7, 11) is 1.46. The zero-order chi connectivity index (χ0) is 28.9. The highest BCUT2D eigenvalue weighted by atomic mass is 32.1. The number of fused-ring (bicyclic) bond motifs is 1. The average Bonchev–Trinajstić information content (AvgIpc) is 3.64. The van der Waals surface area contributed by atoms with E-state index in [2.05, 4.69) is 25.4 Å². The zero-order valence-electron chi connectivity index (χ0n) is 21.5. The second-order valence-corrected chi connectivity index (χ2v) is 9.90. The first-order valence-electron chi connectivity index (χ1n) is 11.7. The maximum Gasteiger partial charge on any atom is 0.418 e. The Bertz CT molecular complexity index is 1880. The first kappa shape index (κ1) is 27.0. The molecule has 1 unspecified atom stereocenters. The first-order chi connectivity index (χ1) is 18.8. The summed E-state index contributed by atoms with van der Waals surface area (Å²) in [6.07, 6.45) is -2.01. The fourth-order valence-electron chi connectivity index (χ4n) is 4.13. The van der Waals surface area contributed by atoms with E-state index in [0.29, 0.717) is 11.5 Å². The van der Waals surface area contributed by atoms with Gasteiger partial charge < -0.3 is 14.4 Å². The van der Waals surface area contributed by atoms with E-state index >= 15 is 0 Å². The lowest BCUT2D eigenvalue weighted by atomic mass is 10.1. The molecular formula is C24H21F3N8O4S. The van der Waals surface area contributed by atoms with Crippen LogP contribution in [-0.4, -0.2) is 39.7 Å². The topological polar surface area (TPSA) is 143 Å². The van der Waals surface area contributed by atoms with Crippen LogP contribution in [0.4, 0.5) is 19.0 Å². The van der Waals surface area contributed by atoms with Gasteiger partial charge in [0.15, 0.2) is 11.2 Å². The Labute approximate surface area is 226 Å². The lowest BCUT2D eigenvalue weighted by Gasteiger charge is -2.14. The minimum absolute atomic E-state index is 0.0225. The largest absolute Gasteiger partial charge is 0.418 e. The van der Waals surface area contributed by atoms with Gasteiger partial charge in [0, 0.05) is 35.9 Å². The highest BCUT2D eigenvalue weighted by molar-refractivity contribution is 7.13. The molecule has 0 aliphatic rings. The van der Waals surface area contributed by atoms with Crippen molar-refractivity contribution < 1.29 is 22.5 Å². The van der Waals surface area contributed by atoms with Crippen molar-refractivity contribution in [3.8, 4) is 10.6 Å². The van der Waals surface area contributed by atoms with Crippen molar-refractivity contribution in [3.63, 3.8) is 0 Å². The molecule has 0 aromatic carbocycles. The SMILES string of the molecule is Cc1cc(Cn2c(=O)c3c(ncn3C(C)C(=O)Nc3csc(-c4cnc(C)c(C(F)(F)F)c4)n3)n(C)c2=O)no1. The molecular weight excluding hydrogens is 553 g/mol. The Morgan fingerprint density at radius 2 is 1.95 bits per heavy atom. The molecule has 12 nitrogen and oxygen atoms in total. The van der Waals surface area contributed by atoms with Gasteiger partial charge in [0.2, 0.25) is 5.91 Å². The number of halogens is 3. The number of aromatic nitrogens is 7. The molecule has 0 saturated heterocycles. The van der Waals surface area contributed by atoms with Crippen molar-refractivity contribution in [2.24, 2.45) is 7.05 Å². The van der Waals surface area contributed by atoms with E-state index in [1.165, 1.54) is 47.9 Å². The minimum Gasteiger partial charge on any atom is -0.361 e. The van der Waals surface area contributed by atoms with Gasteiger partial charge in [-0.1, -0.05) is 5.16 Å². The van der Waals surface area contributed by atoms with Crippen LogP contribution in [0.3, 0.4) is 0 Å². The Morgan fingerprint density at radius 3 is 2.62 bits per heavy atom. The van der Waals surface area contributed by atoms with Crippen LogP contribution >= 0.6 is 11.3 Å². The van der Waals surface area contributed by atoms with Crippen LogP contribution in [0.2, 0.25) is 0 Å². The summed E-state index contributed by atoms with van der Waals surface area (Å²) in [6, 6.07) is 1.59. The Kier molecular flexibility index (Phi) is 6.65. The molecule has 16 heteroatoms. The number of aryl methyl sites for hydroxylation is 3. The number of thiazole rings is 1. The number of rotatable bonds is 6. The number of pyridine rings is 1. The number of hydrogen-bond donors (Lipinski definition) is 1. The van der Waals surface area contributed by atoms with Crippen LogP contribution in [0, 0.1) is 13.8 Å². The number of carbonyl (C=O) groups is 1. The molecule has 1 N–H and O–H groups in total. The lowest BCUT2D eigenvalue weighted by molar-refractivity contribution is -0.138. The fourth-order valence-corrected chi connectivity index (χ4v) is 4.87. The molecule has 208 valence electrons. The van der Waals surface area contributed by atoms with Crippen molar-refractivity contribution in [1.82, 2.24) is 33.8 Å². The molecule has 40 heavy (non-hydrogen) atoms. The second kappa shape index (κ2) is 9.86. The fraction of sp³-hybridized carbons (Fsp3) is 0.292. The van der Waals surface area contributed by atoms with Crippen LogP contribution in [0.25, 0.3) is 21.7 Å². The third-order valence-corrected chi connectivity index (χ3v) is 7.14. The van der Waals surface area contributed by atoms with Crippen molar-refractivity contribution in [3.05, 3.63) is 73.6 Å². The highest BCUT2D eigenvalue weighted by Gasteiger charge is 2.33. The van der Waals surface area contributed by atoms with Gasteiger partial charge in [0.25, 0.3) is 5.56 Å². The maximum absolute atomic E-state index is 13.4. The molecule has 1 atom stereocenters. The van der Waals surface area contributed by atoms with Gasteiger partial charge in [0.1, 0.15) is 28.3 Å². The summed E-state index contributed by atoms with van der Waals surface area (Å²) in [5, 5.41) is 8.16. The third-order valence-electron chi connectivity index (χ3n) is 6.25. The van der Waals surface area contributed by atoms with Gasteiger partial charge in [-0.05, 0) is 26.8 Å². The average molecular weight is 575 g/mol. The Morgan fingerprint density at radius 1 is 1.20 bits per heavy atom. The number of imidazole rings is 1. The van der Waals surface area contributed by atoms with E-state index in [0.717, 1.165) is 22.0 Å².